The van der Waals surface area contributed by atoms with E-state index >= 15 is 0 Å². The first kappa shape index (κ1) is 15.8. The number of thiol groups is 1. The molecule has 1 aliphatic carbocycles. The molecular formula is C18H29NS. The van der Waals surface area contributed by atoms with Crippen LogP contribution in [-0.2, 0) is 0 Å². The van der Waals surface area contributed by atoms with Crippen LogP contribution >= 0.6 is 12.6 Å². The minimum atomic E-state index is 0.417. The van der Waals surface area contributed by atoms with Gasteiger partial charge in [-0.15, -0.1) is 0 Å². The Morgan fingerprint density at radius 1 is 1.05 bits per heavy atom. The molecule has 0 heterocycles. The molecule has 1 nitrogen and oxygen atoms in total. The highest BCUT2D eigenvalue weighted by molar-refractivity contribution is 7.80. The van der Waals surface area contributed by atoms with E-state index in [1.54, 1.807) is 0 Å². The lowest BCUT2D eigenvalue weighted by molar-refractivity contribution is 0.290. The van der Waals surface area contributed by atoms with Gasteiger partial charge in [-0.05, 0) is 50.0 Å². The van der Waals surface area contributed by atoms with Gasteiger partial charge in [0.25, 0.3) is 0 Å². The van der Waals surface area contributed by atoms with Crippen LogP contribution in [-0.4, -0.2) is 18.8 Å². The summed E-state index contributed by atoms with van der Waals surface area (Å²) in [4.78, 5) is 2.54. The van der Waals surface area contributed by atoms with Gasteiger partial charge in [-0.25, -0.2) is 0 Å². The smallest absolute Gasteiger partial charge is 0.0366 e. The fourth-order valence-corrected chi connectivity index (χ4v) is 3.81. The van der Waals surface area contributed by atoms with Crippen LogP contribution in [0.15, 0.2) is 24.3 Å². The zero-order valence-electron chi connectivity index (χ0n) is 13.1. The maximum absolute atomic E-state index is 4.71. The second-order valence-corrected chi connectivity index (χ2v) is 6.74. The number of anilines is 1. The van der Waals surface area contributed by atoms with Gasteiger partial charge in [0.05, 0.1) is 0 Å². The van der Waals surface area contributed by atoms with Crippen molar-refractivity contribution in [3.63, 3.8) is 0 Å². The largest absolute Gasteiger partial charge is 0.371 e. The summed E-state index contributed by atoms with van der Waals surface area (Å²) in [5.74, 6) is 1.02. The highest BCUT2D eigenvalue weighted by Gasteiger charge is 2.31. The Morgan fingerprint density at radius 2 is 1.65 bits per heavy atom. The van der Waals surface area contributed by atoms with Crippen molar-refractivity contribution in [2.24, 2.45) is 5.41 Å². The van der Waals surface area contributed by atoms with E-state index < -0.39 is 0 Å². The molecule has 1 aliphatic rings. The number of aryl methyl sites for hydroxylation is 1. The highest BCUT2D eigenvalue weighted by atomic mass is 32.1. The molecule has 2 rings (SSSR count). The summed E-state index contributed by atoms with van der Waals surface area (Å²) in [6.45, 7) is 6.66. The zero-order chi connectivity index (χ0) is 14.4. The predicted octanol–water partition coefficient (Wildman–Crippen LogP) is 5.09. The zero-order valence-corrected chi connectivity index (χ0v) is 14.0. The lowest BCUT2D eigenvalue weighted by Crippen LogP contribution is -2.39. The Balaban J connectivity index is 2.12. The maximum atomic E-state index is 4.71. The SMILES string of the molecule is CCN(CC1(CS)CCCCCC1)c1ccc(C)cc1. The second kappa shape index (κ2) is 7.40. The van der Waals surface area contributed by atoms with Gasteiger partial charge in [-0.2, -0.15) is 12.6 Å². The third-order valence-electron chi connectivity index (χ3n) is 4.81. The Morgan fingerprint density at radius 3 is 2.15 bits per heavy atom. The van der Waals surface area contributed by atoms with E-state index in [0.717, 1.165) is 18.8 Å². The molecule has 20 heavy (non-hydrogen) atoms. The molecule has 0 aromatic heterocycles. The number of nitrogens with zero attached hydrogens (tertiary/aromatic N) is 1. The van der Waals surface area contributed by atoms with Crippen LogP contribution in [0.5, 0.6) is 0 Å². The fourth-order valence-electron chi connectivity index (χ4n) is 3.39. The van der Waals surface area contributed by atoms with Crippen LogP contribution in [0.2, 0.25) is 0 Å². The highest BCUT2D eigenvalue weighted by Crippen LogP contribution is 2.37. The van der Waals surface area contributed by atoms with E-state index in [2.05, 4.69) is 43.0 Å². The summed E-state index contributed by atoms with van der Waals surface area (Å²) in [6, 6.07) is 8.97. The molecule has 2 heteroatoms. The van der Waals surface area contributed by atoms with E-state index in [4.69, 9.17) is 12.6 Å². The van der Waals surface area contributed by atoms with E-state index in [1.807, 2.05) is 0 Å². The van der Waals surface area contributed by atoms with E-state index in [-0.39, 0.29) is 0 Å². The summed E-state index contributed by atoms with van der Waals surface area (Å²) < 4.78 is 0. The lowest BCUT2D eigenvalue weighted by Gasteiger charge is -2.38. The summed E-state index contributed by atoms with van der Waals surface area (Å²) in [6.07, 6.45) is 8.27. The summed E-state index contributed by atoms with van der Waals surface area (Å²) in [7, 11) is 0. The number of benzene rings is 1. The molecule has 0 aliphatic heterocycles. The molecule has 1 aromatic rings. The number of rotatable bonds is 5. The third kappa shape index (κ3) is 3.94. The normalized spacial score (nSPS) is 18.6. The first-order valence-corrected chi connectivity index (χ1v) is 8.75. The molecule has 0 saturated heterocycles. The standard InChI is InChI=1S/C18H29NS/c1-3-19(17-10-8-16(2)9-11-17)14-18(15-20)12-6-4-5-7-13-18/h8-11,20H,3-7,12-15H2,1-2H3. The molecule has 0 bridgehead atoms. The summed E-state index contributed by atoms with van der Waals surface area (Å²) >= 11 is 4.71. The average molecular weight is 292 g/mol. The van der Waals surface area contributed by atoms with Gasteiger partial charge >= 0.3 is 0 Å². The van der Waals surface area contributed by atoms with Crippen molar-refractivity contribution < 1.29 is 0 Å². The Hall–Kier alpha value is -0.630. The van der Waals surface area contributed by atoms with Crippen molar-refractivity contribution in [1.82, 2.24) is 0 Å². The quantitative estimate of drug-likeness (QED) is 0.584. The number of hydrogen-bond acceptors (Lipinski definition) is 2. The fraction of sp³-hybridized carbons (Fsp3) is 0.667. The molecule has 1 saturated carbocycles. The minimum absolute atomic E-state index is 0.417. The molecule has 1 fully saturated rings. The monoisotopic (exact) mass is 291 g/mol. The lowest BCUT2D eigenvalue weighted by atomic mass is 9.81. The molecule has 0 unspecified atom stereocenters. The van der Waals surface area contributed by atoms with Crippen molar-refractivity contribution in [2.75, 3.05) is 23.7 Å². The van der Waals surface area contributed by atoms with Crippen molar-refractivity contribution in [1.29, 1.82) is 0 Å². The van der Waals surface area contributed by atoms with E-state index in [0.29, 0.717) is 5.41 Å². The molecule has 0 radical (unpaired) electrons. The molecule has 1 aromatic carbocycles. The Kier molecular flexibility index (Phi) is 5.83. The first-order valence-electron chi connectivity index (χ1n) is 8.11. The van der Waals surface area contributed by atoms with E-state index in [9.17, 15) is 0 Å². The molecule has 0 amide bonds. The second-order valence-electron chi connectivity index (χ2n) is 6.42. The molecule has 0 spiro atoms. The third-order valence-corrected chi connectivity index (χ3v) is 5.48. The average Bonchev–Trinajstić information content (AvgIpc) is 2.72. The van der Waals surface area contributed by atoms with Crippen molar-refractivity contribution in [3.05, 3.63) is 29.8 Å². The van der Waals surface area contributed by atoms with Crippen LogP contribution in [0.1, 0.15) is 51.0 Å². The van der Waals surface area contributed by atoms with Gasteiger partial charge in [-0.1, -0.05) is 43.4 Å². The van der Waals surface area contributed by atoms with E-state index in [1.165, 1.54) is 49.8 Å². The molecular weight excluding hydrogens is 262 g/mol. The summed E-state index contributed by atoms with van der Waals surface area (Å²) in [5, 5.41) is 0. The van der Waals surface area contributed by atoms with Gasteiger partial charge in [0.2, 0.25) is 0 Å². The summed E-state index contributed by atoms with van der Waals surface area (Å²) in [5.41, 5.74) is 3.12. The van der Waals surface area contributed by atoms with Crippen LogP contribution < -0.4 is 4.90 Å². The van der Waals surface area contributed by atoms with Crippen LogP contribution in [0, 0.1) is 12.3 Å². The van der Waals surface area contributed by atoms with Crippen LogP contribution in [0.4, 0.5) is 5.69 Å². The Bertz CT molecular complexity index is 390. The first-order chi connectivity index (χ1) is 9.69. The maximum Gasteiger partial charge on any atom is 0.0366 e. The van der Waals surface area contributed by atoms with Crippen molar-refractivity contribution in [2.45, 2.75) is 52.4 Å². The minimum Gasteiger partial charge on any atom is -0.371 e. The topological polar surface area (TPSA) is 3.24 Å². The number of hydrogen-bond donors (Lipinski definition) is 1. The van der Waals surface area contributed by atoms with Crippen LogP contribution in [0.3, 0.4) is 0 Å². The van der Waals surface area contributed by atoms with Crippen molar-refractivity contribution >= 4 is 18.3 Å². The van der Waals surface area contributed by atoms with Gasteiger partial charge < -0.3 is 4.90 Å². The van der Waals surface area contributed by atoms with Gasteiger partial charge in [0.15, 0.2) is 0 Å². The molecule has 112 valence electrons. The molecule has 0 atom stereocenters. The van der Waals surface area contributed by atoms with Gasteiger partial charge in [0.1, 0.15) is 0 Å². The Labute approximate surface area is 130 Å². The van der Waals surface area contributed by atoms with Crippen LogP contribution in [0.25, 0.3) is 0 Å². The van der Waals surface area contributed by atoms with Gasteiger partial charge in [-0.3, -0.25) is 0 Å². The van der Waals surface area contributed by atoms with Gasteiger partial charge in [0, 0.05) is 18.8 Å². The molecule has 0 N–H and O–H groups in total. The predicted molar refractivity (Wildman–Crippen MR) is 93.1 cm³/mol. The van der Waals surface area contributed by atoms with Crippen molar-refractivity contribution in [3.8, 4) is 0 Å².